The Kier molecular flexibility index (Phi) is 4.49. The highest BCUT2D eigenvalue weighted by atomic mass is 19.4. The van der Waals surface area contributed by atoms with E-state index in [0.717, 1.165) is 16.0 Å². The van der Waals surface area contributed by atoms with Crippen LogP contribution in [0, 0.1) is 18.6 Å². The van der Waals surface area contributed by atoms with Crippen LogP contribution in [-0.4, -0.2) is 9.38 Å². The second kappa shape index (κ2) is 6.88. The number of fused-ring (bicyclic) bond motifs is 1. The van der Waals surface area contributed by atoms with Gasteiger partial charge in [-0.2, -0.15) is 13.2 Å². The molecule has 0 radical (unpaired) electrons. The maximum atomic E-state index is 14.5. The number of hydrogen-bond acceptors (Lipinski definition) is 2. The predicted molar refractivity (Wildman–Crippen MR) is 100 cm³/mol. The molecule has 2 aromatic heterocycles. The first-order chi connectivity index (χ1) is 13.7. The summed E-state index contributed by atoms with van der Waals surface area (Å²) < 4.78 is 69.6. The number of hydrogen-bond donors (Lipinski definition) is 1. The van der Waals surface area contributed by atoms with E-state index in [2.05, 4.69) is 10.3 Å². The standard InChI is InChI=1S/C21H14F5N3/c1-12-5-10-16(23)15(11-12)19-20(27-14-8-6-13(22)7-9-14)29-17(21(24,25)26)3-2-4-18(29)28-19/h2-11,27H,1H3. The Bertz CT molecular complexity index is 1190. The number of aryl methyl sites for hydroxylation is 1. The molecule has 8 heteroatoms. The fraction of sp³-hybridized carbons (Fsp3) is 0.0952. The molecule has 148 valence electrons. The van der Waals surface area contributed by atoms with Crippen molar-refractivity contribution in [2.24, 2.45) is 0 Å². The molecule has 2 aromatic carbocycles. The molecule has 0 unspecified atom stereocenters. The van der Waals surface area contributed by atoms with Crippen LogP contribution < -0.4 is 5.32 Å². The summed E-state index contributed by atoms with van der Waals surface area (Å²) >= 11 is 0. The zero-order valence-electron chi connectivity index (χ0n) is 15.1. The number of nitrogens with one attached hydrogen (secondary N) is 1. The van der Waals surface area contributed by atoms with Gasteiger partial charge in [0, 0.05) is 11.3 Å². The Morgan fingerprint density at radius 2 is 1.66 bits per heavy atom. The first-order valence-corrected chi connectivity index (χ1v) is 8.62. The largest absolute Gasteiger partial charge is 0.431 e. The van der Waals surface area contributed by atoms with Gasteiger partial charge in [-0.15, -0.1) is 0 Å². The smallest absolute Gasteiger partial charge is 0.339 e. The molecule has 4 rings (SSSR count). The Hall–Kier alpha value is -3.42. The number of pyridine rings is 1. The summed E-state index contributed by atoms with van der Waals surface area (Å²) in [5.41, 5.74) is 0.173. The normalized spacial score (nSPS) is 11.8. The molecule has 0 aliphatic carbocycles. The molecule has 0 atom stereocenters. The molecule has 0 bridgehead atoms. The number of alkyl halides is 3. The summed E-state index contributed by atoms with van der Waals surface area (Å²) in [5, 5.41) is 2.85. The van der Waals surface area contributed by atoms with Crippen LogP contribution >= 0.6 is 0 Å². The Morgan fingerprint density at radius 1 is 0.931 bits per heavy atom. The Morgan fingerprint density at radius 3 is 2.34 bits per heavy atom. The maximum Gasteiger partial charge on any atom is 0.431 e. The molecule has 0 aliphatic heterocycles. The van der Waals surface area contributed by atoms with E-state index in [1.807, 2.05) is 0 Å². The van der Waals surface area contributed by atoms with Gasteiger partial charge in [-0.3, -0.25) is 4.40 Å². The first-order valence-electron chi connectivity index (χ1n) is 8.62. The van der Waals surface area contributed by atoms with Crippen molar-refractivity contribution >= 4 is 17.2 Å². The molecular formula is C21H14F5N3. The number of aromatic nitrogens is 2. The van der Waals surface area contributed by atoms with Crippen molar-refractivity contribution in [3.63, 3.8) is 0 Å². The summed E-state index contributed by atoms with van der Waals surface area (Å²) in [6.07, 6.45) is -4.66. The average molecular weight is 403 g/mol. The molecule has 4 aromatic rings. The number of imidazole rings is 1. The van der Waals surface area contributed by atoms with E-state index in [0.29, 0.717) is 5.69 Å². The highest BCUT2D eigenvalue weighted by molar-refractivity contribution is 5.80. The van der Waals surface area contributed by atoms with Crippen LogP contribution in [0.5, 0.6) is 0 Å². The average Bonchev–Trinajstić information content (AvgIpc) is 3.03. The second-order valence-electron chi connectivity index (χ2n) is 6.53. The van der Waals surface area contributed by atoms with E-state index in [1.54, 1.807) is 13.0 Å². The molecule has 0 spiro atoms. The van der Waals surface area contributed by atoms with Gasteiger partial charge in [0.1, 0.15) is 34.5 Å². The van der Waals surface area contributed by atoms with Crippen LogP contribution in [0.15, 0.2) is 60.7 Å². The van der Waals surface area contributed by atoms with Crippen LogP contribution in [-0.2, 0) is 6.18 Å². The fourth-order valence-electron chi connectivity index (χ4n) is 3.11. The molecule has 0 amide bonds. The summed E-state index contributed by atoms with van der Waals surface area (Å²) in [4.78, 5) is 4.26. The topological polar surface area (TPSA) is 29.3 Å². The Balaban J connectivity index is 2.02. The van der Waals surface area contributed by atoms with Crippen molar-refractivity contribution in [1.82, 2.24) is 9.38 Å². The summed E-state index contributed by atoms with van der Waals surface area (Å²) in [7, 11) is 0. The molecule has 0 saturated carbocycles. The summed E-state index contributed by atoms with van der Waals surface area (Å²) in [6.45, 7) is 1.74. The number of anilines is 2. The minimum Gasteiger partial charge on any atom is -0.339 e. The number of benzene rings is 2. The van der Waals surface area contributed by atoms with Gasteiger partial charge in [-0.1, -0.05) is 17.7 Å². The predicted octanol–water partition coefficient (Wildman–Crippen LogP) is 6.35. The third kappa shape index (κ3) is 3.53. The zero-order valence-corrected chi connectivity index (χ0v) is 15.1. The molecule has 0 saturated heterocycles. The number of halogens is 5. The van der Waals surface area contributed by atoms with Crippen molar-refractivity contribution in [3.05, 3.63) is 83.6 Å². The van der Waals surface area contributed by atoms with E-state index in [-0.39, 0.29) is 22.7 Å². The van der Waals surface area contributed by atoms with Crippen molar-refractivity contribution in [3.8, 4) is 11.3 Å². The lowest BCUT2D eigenvalue weighted by Gasteiger charge is -2.14. The molecular weight excluding hydrogens is 389 g/mol. The second-order valence-corrected chi connectivity index (χ2v) is 6.53. The monoisotopic (exact) mass is 403 g/mol. The first kappa shape index (κ1) is 18.9. The van der Waals surface area contributed by atoms with Crippen molar-refractivity contribution < 1.29 is 22.0 Å². The van der Waals surface area contributed by atoms with Gasteiger partial charge in [0.15, 0.2) is 0 Å². The van der Waals surface area contributed by atoms with Crippen molar-refractivity contribution in [2.75, 3.05) is 5.32 Å². The van der Waals surface area contributed by atoms with Crippen molar-refractivity contribution in [1.29, 1.82) is 0 Å². The number of rotatable bonds is 3. The molecule has 29 heavy (non-hydrogen) atoms. The maximum absolute atomic E-state index is 14.5. The van der Waals surface area contributed by atoms with Gasteiger partial charge in [0.25, 0.3) is 0 Å². The van der Waals surface area contributed by atoms with Crippen molar-refractivity contribution in [2.45, 2.75) is 13.1 Å². The van der Waals surface area contributed by atoms with E-state index in [4.69, 9.17) is 0 Å². The third-order valence-corrected chi connectivity index (χ3v) is 4.42. The van der Waals surface area contributed by atoms with Crippen LogP contribution in [0.4, 0.5) is 33.5 Å². The van der Waals surface area contributed by atoms with E-state index < -0.39 is 23.5 Å². The van der Waals surface area contributed by atoms with Gasteiger partial charge < -0.3 is 5.32 Å². The summed E-state index contributed by atoms with van der Waals surface area (Å²) in [6, 6.07) is 13.0. The van der Waals surface area contributed by atoms with Crippen LogP contribution in [0.25, 0.3) is 16.9 Å². The molecule has 0 fully saturated rings. The molecule has 1 N–H and O–H groups in total. The Labute approximate surface area is 162 Å². The zero-order chi connectivity index (χ0) is 20.8. The minimum absolute atomic E-state index is 0.000317. The fourth-order valence-corrected chi connectivity index (χ4v) is 3.11. The van der Waals surface area contributed by atoms with E-state index in [9.17, 15) is 22.0 Å². The highest BCUT2D eigenvalue weighted by Gasteiger charge is 2.35. The third-order valence-electron chi connectivity index (χ3n) is 4.42. The lowest BCUT2D eigenvalue weighted by molar-refractivity contribution is -0.141. The molecule has 3 nitrogen and oxygen atoms in total. The van der Waals surface area contributed by atoms with E-state index in [1.165, 1.54) is 48.5 Å². The van der Waals surface area contributed by atoms with Gasteiger partial charge in [-0.25, -0.2) is 13.8 Å². The molecule has 2 heterocycles. The number of nitrogens with zero attached hydrogens (tertiary/aromatic N) is 2. The SMILES string of the molecule is Cc1ccc(F)c(-c2nc3cccc(C(F)(F)F)n3c2Nc2ccc(F)cc2)c1. The molecule has 0 aliphatic rings. The lowest BCUT2D eigenvalue weighted by atomic mass is 10.1. The van der Waals surface area contributed by atoms with Crippen LogP contribution in [0.3, 0.4) is 0 Å². The lowest BCUT2D eigenvalue weighted by Crippen LogP contribution is -2.12. The van der Waals surface area contributed by atoms with Gasteiger partial charge in [0.2, 0.25) is 0 Å². The van der Waals surface area contributed by atoms with E-state index >= 15 is 0 Å². The highest BCUT2D eigenvalue weighted by Crippen LogP contribution is 2.38. The van der Waals surface area contributed by atoms with Gasteiger partial charge in [-0.05, 0) is 55.5 Å². The van der Waals surface area contributed by atoms with Gasteiger partial charge in [0.05, 0.1) is 0 Å². The minimum atomic E-state index is -4.66. The van der Waals surface area contributed by atoms with Gasteiger partial charge >= 0.3 is 6.18 Å². The summed E-state index contributed by atoms with van der Waals surface area (Å²) in [5.74, 6) is -1.17. The van der Waals surface area contributed by atoms with Crippen LogP contribution in [0.2, 0.25) is 0 Å². The quantitative estimate of drug-likeness (QED) is 0.404. The van der Waals surface area contributed by atoms with Crippen LogP contribution in [0.1, 0.15) is 11.3 Å².